The summed E-state index contributed by atoms with van der Waals surface area (Å²) >= 11 is 1.65. The average Bonchev–Trinajstić information content (AvgIpc) is 2.90. The minimum absolute atomic E-state index is 0.515. The molecule has 1 aliphatic rings. The van der Waals surface area contributed by atoms with Crippen molar-refractivity contribution in [1.29, 1.82) is 0 Å². The number of thiazole rings is 1. The van der Waals surface area contributed by atoms with Gasteiger partial charge in [-0.2, -0.15) is 0 Å². The molecule has 1 N–H and O–H groups in total. The Balaban J connectivity index is 1.76. The molecule has 1 aromatic heterocycles. The minimum Gasteiger partial charge on any atom is -0.383 e. The van der Waals surface area contributed by atoms with Crippen LogP contribution in [0.3, 0.4) is 0 Å². The van der Waals surface area contributed by atoms with Gasteiger partial charge in [0, 0.05) is 25.1 Å². The van der Waals surface area contributed by atoms with Crippen molar-refractivity contribution in [3.8, 4) is 0 Å². The Hall–Kier alpha value is -0.450. The van der Waals surface area contributed by atoms with E-state index in [1.807, 2.05) is 5.51 Å². The van der Waals surface area contributed by atoms with Crippen LogP contribution in [0.2, 0.25) is 0 Å². The molecule has 0 amide bonds. The van der Waals surface area contributed by atoms with Crippen molar-refractivity contribution in [2.24, 2.45) is 5.92 Å². The molecule has 0 aliphatic heterocycles. The van der Waals surface area contributed by atoms with E-state index in [0.717, 1.165) is 24.8 Å². The minimum atomic E-state index is 0.515. The second-order valence-corrected chi connectivity index (χ2v) is 4.48. The van der Waals surface area contributed by atoms with Crippen LogP contribution in [0.25, 0.3) is 0 Å². The fourth-order valence-corrected chi connectivity index (χ4v) is 2.16. The van der Waals surface area contributed by atoms with Gasteiger partial charge in [-0.3, -0.25) is 0 Å². The van der Waals surface area contributed by atoms with Crippen molar-refractivity contribution >= 4 is 11.3 Å². The lowest BCUT2D eigenvalue weighted by Gasteiger charge is -2.16. The molecular weight excluding hydrogens is 196 g/mol. The fraction of sp³-hybridized carbons (Fsp3) is 0.700. The monoisotopic (exact) mass is 212 g/mol. The molecule has 0 radical (unpaired) electrons. The highest BCUT2D eigenvalue weighted by Gasteiger charge is 2.30. The molecule has 78 valence electrons. The molecular formula is C10H16N2OS. The molecule has 1 atom stereocenters. The van der Waals surface area contributed by atoms with Crippen LogP contribution in [0.4, 0.5) is 0 Å². The normalized spacial score (nSPS) is 18.4. The predicted octanol–water partition coefficient (Wildman–Crippen LogP) is 1.66. The maximum absolute atomic E-state index is 5.19. The molecule has 1 saturated carbocycles. The Labute approximate surface area is 88.5 Å². The number of nitrogens with one attached hydrogen (secondary N) is 1. The lowest BCUT2D eigenvalue weighted by Crippen LogP contribution is -2.34. The summed E-state index contributed by atoms with van der Waals surface area (Å²) in [5.74, 6) is 0.827. The van der Waals surface area contributed by atoms with Gasteiger partial charge in [-0.25, -0.2) is 4.98 Å². The lowest BCUT2D eigenvalue weighted by atomic mass is 10.2. The van der Waals surface area contributed by atoms with Crippen LogP contribution in [0.1, 0.15) is 18.5 Å². The van der Waals surface area contributed by atoms with Crippen LogP contribution in [-0.4, -0.2) is 24.7 Å². The van der Waals surface area contributed by atoms with Gasteiger partial charge >= 0.3 is 0 Å². The lowest BCUT2D eigenvalue weighted by molar-refractivity contribution is 0.157. The van der Waals surface area contributed by atoms with Crippen LogP contribution in [-0.2, 0) is 11.3 Å². The van der Waals surface area contributed by atoms with Crippen LogP contribution in [0.15, 0.2) is 10.9 Å². The fourth-order valence-electron chi connectivity index (χ4n) is 1.60. The van der Waals surface area contributed by atoms with E-state index in [0.29, 0.717) is 6.04 Å². The first kappa shape index (κ1) is 10.1. The summed E-state index contributed by atoms with van der Waals surface area (Å²) < 4.78 is 5.19. The summed E-state index contributed by atoms with van der Waals surface area (Å²) in [6.07, 6.45) is 2.69. The van der Waals surface area contributed by atoms with Gasteiger partial charge in [0.2, 0.25) is 0 Å². The summed E-state index contributed by atoms with van der Waals surface area (Å²) in [5.41, 5.74) is 3.01. The van der Waals surface area contributed by atoms with Crippen LogP contribution < -0.4 is 5.32 Å². The van der Waals surface area contributed by atoms with Crippen molar-refractivity contribution in [1.82, 2.24) is 10.3 Å². The number of rotatable bonds is 6. The van der Waals surface area contributed by atoms with E-state index < -0.39 is 0 Å². The summed E-state index contributed by atoms with van der Waals surface area (Å²) in [5, 5.41) is 5.59. The summed E-state index contributed by atoms with van der Waals surface area (Å²) in [4.78, 5) is 4.24. The first-order valence-corrected chi connectivity index (χ1v) is 5.94. The van der Waals surface area contributed by atoms with Crippen LogP contribution in [0.5, 0.6) is 0 Å². The molecule has 1 heterocycles. The zero-order valence-electron chi connectivity index (χ0n) is 8.40. The Morgan fingerprint density at radius 1 is 1.71 bits per heavy atom. The Bertz CT molecular complexity index is 259. The van der Waals surface area contributed by atoms with E-state index >= 15 is 0 Å². The molecule has 0 bridgehead atoms. The summed E-state index contributed by atoms with van der Waals surface area (Å²) in [6, 6.07) is 0.515. The molecule has 0 saturated heterocycles. The molecule has 1 aromatic rings. The standard InChI is InChI=1S/C10H16N2OS/c1-13-5-10(8-2-3-8)11-4-9-6-14-7-12-9/h6-8,10-11H,2-5H2,1H3. The van der Waals surface area contributed by atoms with Gasteiger partial charge < -0.3 is 10.1 Å². The van der Waals surface area contributed by atoms with E-state index in [-0.39, 0.29) is 0 Å². The van der Waals surface area contributed by atoms with Crippen molar-refractivity contribution in [3.63, 3.8) is 0 Å². The molecule has 1 aliphatic carbocycles. The van der Waals surface area contributed by atoms with E-state index in [4.69, 9.17) is 4.74 Å². The Morgan fingerprint density at radius 2 is 2.57 bits per heavy atom. The van der Waals surface area contributed by atoms with Gasteiger partial charge in [-0.05, 0) is 18.8 Å². The first-order valence-electron chi connectivity index (χ1n) is 4.99. The summed E-state index contributed by atoms with van der Waals surface area (Å²) in [6.45, 7) is 1.68. The molecule has 0 spiro atoms. The predicted molar refractivity (Wildman–Crippen MR) is 57.3 cm³/mol. The quantitative estimate of drug-likeness (QED) is 0.778. The second kappa shape index (κ2) is 4.87. The Kier molecular flexibility index (Phi) is 3.50. The maximum atomic E-state index is 5.19. The molecule has 3 nitrogen and oxygen atoms in total. The molecule has 0 aromatic carbocycles. The van der Waals surface area contributed by atoms with Crippen molar-refractivity contribution in [2.75, 3.05) is 13.7 Å². The number of methoxy groups -OCH3 is 1. The van der Waals surface area contributed by atoms with E-state index in [2.05, 4.69) is 15.7 Å². The van der Waals surface area contributed by atoms with Gasteiger partial charge in [-0.15, -0.1) is 11.3 Å². The topological polar surface area (TPSA) is 34.1 Å². The second-order valence-electron chi connectivity index (χ2n) is 3.76. The highest BCUT2D eigenvalue weighted by atomic mass is 32.1. The maximum Gasteiger partial charge on any atom is 0.0795 e. The number of hydrogen-bond acceptors (Lipinski definition) is 4. The average molecular weight is 212 g/mol. The number of nitrogens with zero attached hydrogens (tertiary/aromatic N) is 1. The van der Waals surface area contributed by atoms with Crippen molar-refractivity contribution < 1.29 is 4.74 Å². The third-order valence-electron chi connectivity index (χ3n) is 2.57. The van der Waals surface area contributed by atoms with E-state index in [9.17, 15) is 0 Å². The first-order chi connectivity index (χ1) is 6.90. The zero-order valence-corrected chi connectivity index (χ0v) is 9.22. The highest BCUT2D eigenvalue weighted by Crippen LogP contribution is 2.32. The van der Waals surface area contributed by atoms with Crippen LogP contribution in [0, 0.1) is 5.92 Å². The van der Waals surface area contributed by atoms with Gasteiger partial charge in [0.05, 0.1) is 17.8 Å². The third-order valence-corrected chi connectivity index (χ3v) is 3.20. The largest absolute Gasteiger partial charge is 0.383 e. The van der Waals surface area contributed by atoms with Crippen molar-refractivity contribution in [2.45, 2.75) is 25.4 Å². The number of aromatic nitrogens is 1. The van der Waals surface area contributed by atoms with Gasteiger partial charge in [-0.1, -0.05) is 0 Å². The molecule has 14 heavy (non-hydrogen) atoms. The molecule has 4 heteroatoms. The molecule has 1 fully saturated rings. The third kappa shape index (κ3) is 2.77. The van der Waals surface area contributed by atoms with Crippen molar-refractivity contribution in [3.05, 3.63) is 16.6 Å². The highest BCUT2D eigenvalue weighted by molar-refractivity contribution is 7.07. The number of hydrogen-bond donors (Lipinski definition) is 1. The van der Waals surface area contributed by atoms with Crippen LogP contribution >= 0.6 is 11.3 Å². The SMILES string of the molecule is COCC(NCc1cscn1)C1CC1. The summed E-state index contributed by atoms with van der Waals surface area (Å²) in [7, 11) is 1.76. The van der Waals surface area contributed by atoms with Gasteiger partial charge in [0.15, 0.2) is 0 Å². The van der Waals surface area contributed by atoms with Gasteiger partial charge in [0.25, 0.3) is 0 Å². The Morgan fingerprint density at radius 3 is 3.14 bits per heavy atom. The van der Waals surface area contributed by atoms with E-state index in [1.165, 1.54) is 12.8 Å². The zero-order chi connectivity index (χ0) is 9.80. The van der Waals surface area contributed by atoms with E-state index in [1.54, 1.807) is 18.4 Å². The molecule has 1 unspecified atom stereocenters. The van der Waals surface area contributed by atoms with Gasteiger partial charge in [0.1, 0.15) is 0 Å². The smallest absolute Gasteiger partial charge is 0.0795 e. The molecule has 2 rings (SSSR count). The number of ether oxygens (including phenoxy) is 1.